The lowest BCUT2D eigenvalue weighted by molar-refractivity contribution is 0.0331. The van der Waals surface area contributed by atoms with Crippen LogP contribution in [0.1, 0.15) is 44.0 Å². The van der Waals surface area contributed by atoms with E-state index in [-0.39, 0.29) is 12.1 Å². The molecule has 0 fully saturated rings. The van der Waals surface area contributed by atoms with Crippen molar-refractivity contribution >= 4 is 0 Å². The van der Waals surface area contributed by atoms with Crippen LogP contribution in [0.5, 0.6) is 0 Å². The molecule has 2 unspecified atom stereocenters. The van der Waals surface area contributed by atoms with Crippen molar-refractivity contribution in [2.45, 2.75) is 39.5 Å². The van der Waals surface area contributed by atoms with Gasteiger partial charge in [-0.2, -0.15) is 5.10 Å². The Kier molecular flexibility index (Phi) is 5.96. The third-order valence-electron chi connectivity index (χ3n) is 3.54. The molecule has 0 aliphatic carbocycles. The summed E-state index contributed by atoms with van der Waals surface area (Å²) in [4.78, 5) is 0. The lowest BCUT2D eigenvalue weighted by Crippen LogP contribution is -2.28. The third-order valence-corrected chi connectivity index (χ3v) is 3.54. The van der Waals surface area contributed by atoms with Gasteiger partial charge < -0.3 is 10.1 Å². The van der Waals surface area contributed by atoms with Crippen molar-refractivity contribution in [3.05, 3.63) is 53.9 Å². The summed E-state index contributed by atoms with van der Waals surface area (Å²) in [5.74, 6) is 0. The minimum Gasteiger partial charge on any atom is -0.372 e. The van der Waals surface area contributed by atoms with Crippen LogP contribution < -0.4 is 5.32 Å². The molecule has 21 heavy (non-hydrogen) atoms. The van der Waals surface area contributed by atoms with Crippen molar-refractivity contribution in [1.82, 2.24) is 15.1 Å². The summed E-state index contributed by atoms with van der Waals surface area (Å²) in [6.07, 6.45) is 4.03. The van der Waals surface area contributed by atoms with E-state index in [2.05, 4.69) is 54.7 Å². The Bertz CT molecular complexity index is 524. The molecule has 1 aromatic heterocycles. The maximum atomic E-state index is 6.04. The SMILES string of the molecule is CCNC(c1cnn(CC)c1)C(OCC)c1ccccc1. The summed E-state index contributed by atoms with van der Waals surface area (Å²) >= 11 is 0. The van der Waals surface area contributed by atoms with Crippen molar-refractivity contribution in [2.24, 2.45) is 0 Å². The number of hydrogen-bond donors (Lipinski definition) is 1. The van der Waals surface area contributed by atoms with Gasteiger partial charge in [0.1, 0.15) is 6.10 Å². The first-order valence-corrected chi connectivity index (χ1v) is 7.72. The standard InChI is InChI=1S/C17H25N3O/c1-4-18-16(15-12-19-20(5-2)13-15)17(21-6-3)14-10-8-7-9-11-14/h7-13,16-18H,4-6H2,1-3H3. The summed E-state index contributed by atoms with van der Waals surface area (Å²) in [6, 6.07) is 10.5. The molecule has 0 saturated carbocycles. The molecule has 0 spiro atoms. The molecule has 0 saturated heterocycles. The Hall–Kier alpha value is -1.65. The molecule has 0 bridgehead atoms. The van der Waals surface area contributed by atoms with Crippen molar-refractivity contribution in [3.63, 3.8) is 0 Å². The topological polar surface area (TPSA) is 39.1 Å². The van der Waals surface area contributed by atoms with Gasteiger partial charge in [-0.25, -0.2) is 0 Å². The number of nitrogens with zero attached hydrogens (tertiary/aromatic N) is 2. The number of likely N-dealkylation sites (N-methyl/N-ethyl adjacent to an activating group) is 1. The van der Waals surface area contributed by atoms with Crippen molar-refractivity contribution in [1.29, 1.82) is 0 Å². The Morgan fingerprint density at radius 3 is 2.48 bits per heavy atom. The smallest absolute Gasteiger partial charge is 0.102 e. The summed E-state index contributed by atoms with van der Waals surface area (Å²) in [7, 11) is 0. The molecule has 2 rings (SSSR count). The first-order chi connectivity index (χ1) is 10.3. The first kappa shape index (κ1) is 15.7. The lowest BCUT2D eigenvalue weighted by Gasteiger charge is -2.27. The van der Waals surface area contributed by atoms with Gasteiger partial charge in [0.15, 0.2) is 0 Å². The van der Waals surface area contributed by atoms with Crippen LogP contribution in [0.4, 0.5) is 0 Å². The molecule has 4 heteroatoms. The minimum atomic E-state index is -0.00865. The molecule has 1 N–H and O–H groups in total. The van der Waals surface area contributed by atoms with Crippen LogP contribution in [0.3, 0.4) is 0 Å². The molecular formula is C17H25N3O. The van der Waals surface area contributed by atoms with Gasteiger partial charge >= 0.3 is 0 Å². The monoisotopic (exact) mass is 287 g/mol. The summed E-state index contributed by atoms with van der Waals surface area (Å²) < 4.78 is 7.99. The zero-order valence-electron chi connectivity index (χ0n) is 13.1. The number of hydrogen-bond acceptors (Lipinski definition) is 3. The van der Waals surface area contributed by atoms with Gasteiger partial charge in [-0.1, -0.05) is 37.3 Å². The second-order valence-electron chi connectivity index (χ2n) is 4.95. The summed E-state index contributed by atoms with van der Waals surface area (Å²) in [6.45, 7) is 8.70. The van der Waals surface area contributed by atoms with Gasteiger partial charge in [0.25, 0.3) is 0 Å². The predicted molar refractivity (Wildman–Crippen MR) is 85.1 cm³/mol. The molecule has 0 radical (unpaired) electrons. The fourth-order valence-electron chi connectivity index (χ4n) is 2.54. The molecular weight excluding hydrogens is 262 g/mol. The number of benzene rings is 1. The normalized spacial score (nSPS) is 14.0. The quantitative estimate of drug-likeness (QED) is 0.809. The Balaban J connectivity index is 2.32. The number of aryl methyl sites for hydroxylation is 1. The average Bonchev–Trinajstić information content (AvgIpc) is 3.00. The number of ether oxygens (including phenoxy) is 1. The molecule has 0 amide bonds. The van der Waals surface area contributed by atoms with Crippen molar-refractivity contribution in [3.8, 4) is 0 Å². The highest BCUT2D eigenvalue weighted by molar-refractivity contribution is 5.24. The minimum absolute atomic E-state index is 0.00865. The Labute approximate surface area is 127 Å². The highest BCUT2D eigenvalue weighted by atomic mass is 16.5. The molecule has 114 valence electrons. The van der Waals surface area contributed by atoms with Gasteiger partial charge in [-0.3, -0.25) is 4.68 Å². The molecule has 1 aromatic carbocycles. The number of nitrogens with one attached hydrogen (secondary N) is 1. The molecule has 2 atom stereocenters. The van der Waals surface area contributed by atoms with E-state index >= 15 is 0 Å². The van der Waals surface area contributed by atoms with Crippen LogP contribution >= 0.6 is 0 Å². The van der Waals surface area contributed by atoms with Gasteiger partial charge in [0, 0.05) is 24.9 Å². The van der Waals surface area contributed by atoms with Gasteiger partial charge in [-0.05, 0) is 26.0 Å². The third kappa shape index (κ3) is 3.93. The van der Waals surface area contributed by atoms with E-state index in [1.54, 1.807) is 0 Å². The zero-order valence-corrected chi connectivity index (χ0v) is 13.1. The van der Waals surface area contributed by atoms with Crippen LogP contribution in [0.25, 0.3) is 0 Å². The Morgan fingerprint density at radius 1 is 1.14 bits per heavy atom. The second-order valence-corrected chi connectivity index (χ2v) is 4.95. The average molecular weight is 287 g/mol. The highest BCUT2D eigenvalue weighted by Gasteiger charge is 2.25. The van der Waals surface area contributed by atoms with E-state index in [4.69, 9.17) is 4.74 Å². The van der Waals surface area contributed by atoms with E-state index < -0.39 is 0 Å². The van der Waals surface area contributed by atoms with Crippen LogP contribution in [-0.4, -0.2) is 22.9 Å². The van der Waals surface area contributed by atoms with E-state index in [1.807, 2.05) is 23.9 Å². The van der Waals surface area contributed by atoms with E-state index in [1.165, 1.54) is 11.1 Å². The van der Waals surface area contributed by atoms with Gasteiger partial charge in [0.05, 0.1) is 12.2 Å². The van der Waals surface area contributed by atoms with Crippen LogP contribution in [0.15, 0.2) is 42.7 Å². The molecule has 1 heterocycles. The summed E-state index contributed by atoms with van der Waals surface area (Å²) in [5.41, 5.74) is 2.36. The predicted octanol–water partition coefficient (Wildman–Crippen LogP) is 3.33. The van der Waals surface area contributed by atoms with Crippen LogP contribution in [0.2, 0.25) is 0 Å². The molecule has 2 aromatic rings. The van der Waals surface area contributed by atoms with E-state index in [9.17, 15) is 0 Å². The van der Waals surface area contributed by atoms with Gasteiger partial charge in [0.2, 0.25) is 0 Å². The molecule has 0 aliphatic heterocycles. The molecule has 0 aliphatic rings. The van der Waals surface area contributed by atoms with Crippen molar-refractivity contribution < 1.29 is 4.74 Å². The van der Waals surface area contributed by atoms with Crippen LogP contribution in [-0.2, 0) is 11.3 Å². The second kappa shape index (κ2) is 7.96. The molecule has 4 nitrogen and oxygen atoms in total. The maximum absolute atomic E-state index is 6.04. The van der Waals surface area contributed by atoms with E-state index in [0.29, 0.717) is 6.61 Å². The fraction of sp³-hybridized carbons (Fsp3) is 0.471. The zero-order chi connectivity index (χ0) is 15.1. The lowest BCUT2D eigenvalue weighted by atomic mass is 9.97. The van der Waals surface area contributed by atoms with Gasteiger partial charge in [-0.15, -0.1) is 0 Å². The first-order valence-electron chi connectivity index (χ1n) is 7.72. The summed E-state index contributed by atoms with van der Waals surface area (Å²) in [5, 5.41) is 7.94. The Morgan fingerprint density at radius 2 is 1.90 bits per heavy atom. The number of aromatic nitrogens is 2. The maximum Gasteiger partial charge on any atom is 0.102 e. The largest absolute Gasteiger partial charge is 0.372 e. The number of rotatable bonds is 8. The van der Waals surface area contributed by atoms with Crippen LogP contribution in [0, 0.1) is 0 Å². The fourth-order valence-corrected chi connectivity index (χ4v) is 2.54. The van der Waals surface area contributed by atoms with E-state index in [0.717, 1.165) is 13.1 Å². The highest BCUT2D eigenvalue weighted by Crippen LogP contribution is 2.31. The van der Waals surface area contributed by atoms with Crippen molar-refractivity contribution in [2.75, 3.05) is 13.2 Å².